The molecule has 8 aromatic rings. The Bertz CT molecular complexity index is 2600. The second kappa shape index (κ2) is 10.9. The maximum atomic E-state index is 2.47. The summed E-state index contributed by atoms with van der Waals surface area (Å²) in [6.07, 6.45) is 1.04. The van der Waals surface area contributed by atoms with Crippen molar-refractivity contribution < 1.29 is 0 Å². The molecule has 240 valence electrons. The van der Waals surface area contributed by atoms with Crippen molar-refractivity contribution in [1.82, 2.24) is 4.57 Å². The van der Waals surface area contributed by atoms with Gasteiger partial charge in [-0.25, -0.2) is 0 Å². The van der Waals surface area contributed by atoms with E-state index in [-0.39, 0.29) is 5.41 Å². The summed E-state index contributed by atoms with van der Waals surface area (Å²) >= 11 is 0. The zero-order valence-electron chi connectivity index (χ0n) is 28.8. The van der Waals surface area contributed by atoms with Gasteiger partial charge in [0.05, 0.1) is 11.0 Å². The molecule has 0 radical (unpaired) electrons. The number of aromatic nitrogens is 1. The highest BCUT2D eigenvalue weighted by Crippen LogP contribution is 2.51. The van der Waals surface area contributed by atoms with E-state index in [0.717, 1.165) is 6.42 Å². The Hall–Kier alpha value is -5.66. The van der Waals surface area contributed by atoms with Gasteiger partial charge >= 0.3 is 0 Å². The van der Waals surface area contributed by atoms with Crippen LogP contribution in [0.1, 0.15) is 60.4 Å². The molecule has 0 spiro atoms. The van der Waals surface area contributed by atoms with Crippen LogP contribution in [0.15, 0.2) is 158 Å². The minimum Gasteiger partial charge on any atom is -0.309 e. The first-order valence-corrected chi connectivity index (χ1v) is 18.0. The van der Waals surface area contributed by atoms with Gasteiger partial charge in [0.1, 0.15) is 0 Å². The monoisotopic (exact) mass is 641 g/mol. The fourth-order valence-corrected chi connectivity index (χ4v) is 9.31. The SMILES string of the molecule is CC1c2ccc(-c3ccc4c(c3)c3cc5c(cc3n4-c3ccccc3)C(C)(C)c3ccccc3-5)cc2-c2ccccc2CC1c1ccccc1. The number of benzene rings is 7. The van der Waals surface area contributed by atoms with Crippen LogP contribution in [0, 0.1) is 0 Å². The van der Waals surface area contributed by atoms with Crippen molar-refractivity contribution in [3.63, 3.8) is 0 Å². The van der Waals surface area contributed by atoms with E-state index in [4.69, 9.17) is 0 Å². The van der Waals surface area contributed by atoms with Crippen LogP contribution < -0.4 is 0 Å². The molecule has 1 nitrogen and oxygen atoms in total. The maximum Gasteiger partial charge on any atom is 0.0544 e. The van der Waals surface area contributed by atoms with Crippen molar-refractivity contribution in [1.29, 1.82) is 0 Å². The number of para-hydroxylation sites is 1. The van der Waals surface area contributed by atoms with Crippen molar-refractivity contribution in [3.05, 3.63) is 186 Å². The first-order chi connectivity index (χ1) is 24.5. The predicted octanol–water partition coefficient (Wildman–Crippen LogP) is 12.9. The van der Waals surface area contributed by atoms with Gasteiger partial charge in [-0.1, -0.05) is 136 Å². The molecule has 0 N–H and O–H groups in total. The molecule has 0 amide bonds. The normalized spacial score (nSPS) is 17.2. The molecular weight excluding hydrogens is 603 g/mol. The molecule has 0 bridgehead atoms. The molecule has 1 aromatic heterocycles. The fourth-order valence-electron chi connectivity index (χ4n) is 9.31. The Morgan fingerprint density at radius 3 is 2.00 bits per heavy atom. The van der Waals surface area contributed by atoms with E-state index in [1.807, 2.05) is 0 Å². The molecule has 2 aliphatic carbocycles. The molecule has 1 heteroatoms. The summed E-state index contributed by atoms with van der Waals surface area (Å²) in [5.74, 6) is 0.830. The van der Waals surface area contributed by atoms with E-state index < -0.39 is 0 Å². The Balaban J connectivity index is 1.18. The summed E-state index contributed by atoms with van der Waals surface area (Å²) in [5, 5.41) is 2.59. The van der Waals surface area contributed by atoms with Gasteiger partial charge in [0.25, 0.3) is 0 Å². The lowest BCUT2D eigenvalue weighted by Gasteiger charge is -2.24. The van der Waals surface area contributed by atoms with E-state index in [1.165, 1.54) is 88.7 Å². The van der Waals surface area contributed by atoms with Crippen molar-refractivity contribution in [3.8, 4) is 39.1 Å². The van der Waals surface area contributed by atoms with E-state index in [1.54, 1.807) is 0 Å². The first kappa shape index (κ1) is 29.3. The van der Waals surface area contributed by atoms with Crippen LogP contribution in [0.4, 0.5) is 0 Å². The first-order valence-electron chi connectivity index (χ1n) is 18.0. The van der Waals surface area contributed by atoms with E-state index >= 15 is 0 Å². The predicted molar refractivity (Wildman–Crippen MR) is 211 cm³/mol. The fraction of sp³-hybridized carbons (Fsp3) is 0.143. The zero-order valence-corrected chi connectivity index (χ0v) is 28.8. The minimum atomic E-state index is -0.0575. The molecule has 0 aliphatic heterocycles. The third-order valence-electron chi connectivity index (χ3n) is 11.9. The van der Waals surface area contributed by atoms with Crippen LogP contribution in [0.2, 0.25) is 0 Å². The number of nitrogens with zero attached hydrogens (tertiary/aromatic N) is 1. The quantitative estimate of drug-likeness (QED) is 0.181. The van der Waals surface area contributed by atoms with Gasteiger partial charge in [0, 0.05) is 21.9 Å². The summed E-state index contributed by atoms with van der Waals surface area (Å²) in [6.45, 7) is 7.16. The summed E-state index contributed by atoms with van der Waals surface area (Å²) in [4.78, 5) is 0. The van der Waals surface area contributed by atoms with Crippen molar-refractivity contribution in [2.75, 3.05) is 0 Å². The molecule has 0 fully saturated rings. The second-order valence-electron chi connectivity index (χ2n) is 15.0. The third kappa shape index (κ3) is 4.26. The lowest BCUT2D eigenvalue weighted by Crippen LogP contribution is -2.14. The number of hydrogen-bond donors (Lipinski definition) is 0. The molecule has 2 atom stereocenters. The smallest absolute Gasteiger partial charge is 0.0544 e. The average Bonchev–Trinajstić information content (AvgIpc) is 3.55. The van der Waals surface area contributed by atoms with Crippen LogP contribution >= 0.6 is 0 Å². The topological polar surface area (TPSA) is 4.93 Å². The summed E-state index contributed by atoms with van der Waals surface area (Å²) in [6, 6.07) is 59.3. The molecule has 10 rings (SSSR count). The zero-order chi connectivity index (χ0) is 33.6. The lowest BCUT2D eigenvalue weighted by molar-refractivity contribution is 0.579. The summed E-state index contributed by atoms with van der Waals surface area (Å²) in [5.41, 5.74) is 18.7. The molecule has 0 saturated heterocycles. The van der Waals surface area contributed by atoms with Gasteiger partial charge in [-0.15, -0.1) is 0 Å². The number of rotatable bonds is 3. The molecule has 2 unspecified atom stereocenters. The molecule has 0 saturated carbocycles. The Morgan fingerprint density at radius 2 is 1.18 bits per heavy atom. The highest BCUT2D eigenvalue weighted by Gasteiger charge is 2.36. The van der Waals surface area contributed by atoms with E-state index in [9.17, 15) is 0 Å². The minimum absolute atomic E-state index is 0.0575. The van der Waals surface area contributed by atoms with Gasteiger partial charge in [-0.05, 0) is 122 Å². The van der Waals surface area contributed by atoms with Gasteiger partial charge in [0.2, 0.25) is 0 Å². The lowest BCUT2D eigenvalue weighted by atomic mass is 9.80. The molecular formula is C49H39N. The van der Waals surface area contributed by atoms with Crippen molar-refractivity contribution in [2.45, 2.75) is 44.4 Å². The van der Waals surface area contributed by atoms with Gasteiger partial charge in [-0.3, -0.25) is 0 Å². The maximum absolute atomic E-state index is 2.47. The second-order valence-corrected chi connectivity index (χ2v) is 15.0. The van der Waals surface area contributed by atoms with Gasteiger partial charge in [0.15, 0.2) is 0 Å². The van der Waals surface area contributed by atoms with E-state index in [0.29, 0.717) is 11.8 Å². The van der Waals surface area contributed by atoms with Crippen LogP contribution in [-0.2, 0) is 11.8 Å². The standard InChI is InChI=1S/C49H39N/c1-31-37-24-22-33(26-41(37)38-19-11-10-16-35(38)28-40(31)32-14-6-4-7-15-32)34-23-25-47-43(27-34)44-29-42-39-20-12-13-21-45(39)49(2,3)46(42)30-48(44)50(47)36-17-8-5-9-18-36/h4-27,29-31,40H,28H2,1-3H3. The van der Waals surface area contributed by atoms with Crippen LogP contribution in [0.25, 0.3) is 60.9 Å². The molecule has 7 aromatic carbocycles. The van der Waals surface area contributed by atoms with Crippen LogP contribution in [-0.4, -0.2) is 4.57 Å². The Morgan fingerprint density at radius 1 is 0.520 bits per heavy atom. The largest absolute Gasteiger partial charge is 0.309 e. The van der Waals surface area contributed by atoms with Crippen LogP contribution in [0.3, 0.4) is 0 Å². The van der Waals surface area contributed by atoms with Gasteiger partial charge < -0.3 is 4.57 Å². The van der Waals surface area contributed by atoms with Crippen molar-refractivity contribution >= 4 is 21.8 Å². The molecule has 50 heavy (non-hydrogen) atoms. The van der Waals surface area contributed by atoms with E-state index in [2.05, 4.69) is 183 Å². The average molecular weight is 642 g/mol. The van der Waals surface area contributed by atoms with Crippen molar-refractivity contribution in [2.24, 2.45) is 0 Å². The highest BCUT2D eigenvalue weighted by atomic mass is 15.0. The number of fused-ring (bicyclic) bond motifs is 9. The Kier molecular flexibility index (Phi) is 6.39. The summed E-state index contributed by atoms with van der Waals surface area (Å²) in [7, 11) is 0. The Labute approximate surface area is 294 Å². The highest BCUT2D eigenvalue weighted by molar-refractivity contribution is 6.12. The van der Waals surface area contributed by atoms with Gasteiger partial charge in [-0.2, -0.15) is 0 Å². The van der Waals surface area contributed by atoms with Crippen LogP contribution in [0.5, 0.6) is 0 Å². The summed E-state index contributed by atoms with van der Waals surface area (Å²) < 4.78 is 2.46. The number of hydrogen-bond acceptors (Lipinski definition) is 0. The third-order valence-corrected chi connectivity index (χ3v) is 11.9. The molecule has 1 heterocycles. The molecule has 2 aliphatic rings.